The first kappa shape index (κ1) is 20.2. The molecular formula is C24H26FNO2S. The predicted octanol–water partition coefficient (Wildman–Crippen LogP) is 5.02. The van der Waals surface area contributed by atoms with Crippen molar-refractivity contribution in [3.63, 3.8) is 0 Å². The number of aliphatic hydroxyl groups is 1. The van der Waals surface area contributed by atoms with E-state index in [-0.39, 0.29) is 24.6 Å². The number of nitrogens with one attached hydrogen (secondary N) is 1. The lowest BCUT2D eigenvalue weighted by Gasteiger charge is -2.27. The molecule has 0 radical (unpaired) electrons. The van der Waals surface area contributed by atoms with Gasteiger partial charge < -0.3 is 15.2 Å². The highest BCUT2D eigenvalue weighted by molar-refractivity contribution is 7.10. The van der Waals surface area contributed by atoms with Crippen LogP contribution in [-0.4, -0.2) is 24.4 Å². The lowest BCUT2D eigenvalue weighted by Crippen LogP contribution is -2.34. The van der Waals surface area contributed by atoms with E-state index in [9.17, 15) is 9.50 Å². The van der Waals surface area contributed by atoms with Gasteiger partial charge in [-0.25, -0.2) is 4.39 Å². The Morgan fingerprint density at radius 2 is 1.93 bits per heavy atom. The van der Waals surface area contributed by atoms with Gasteiger partial charge in [-0.2, -0.15) is 0 Å². The van der Waals surface area contributed by atoms with Crippen LogP contribution in [0.4, 0.5) is 4.39 Å². The fourth-order valence-electron chi connectivity index (χ4n) is 3.92. The van der Waals surface area contributed by atoms with Crippen molar-refractivity contribution in [1.29, 1.82) is 0 Å². The fourth-order valence-corrected chi connectivity index (χ4v) is 4.74. The Balaban J connectivity index is 1.35. The summed E-state index contributed by atoms with van der Waals surface area (Å²) in [5, 5.41) is 16.0. The molecule has 0 unspecified atom stereocenters. The average molecular weight is 412 g/mol. The molecule has 29 heavy (non-hydrogen) atoms. The van der Waals surface area contributed by atoms with Gasteiger partial charge in [-0.1, -0.05) is 42.5 Å². The van der Waals surface area contributed by atoms with Crippen molar-refractivity contribution < 1.29 is 14.2 Å². The highest BCUT2D eigenvalue weighted by Gasteiger charge is 2.22. The van der Waals surface area contributed by atoms with Crippen molar-refractivity contribution in [2.45, 2.75) is 37.5 Å². The summed E-state index contributed by atoms with van der Waals surface area (Å²) in [6.45, 7) is 0.681. The Labute approximate surface area is 175 Å². The van der Waals surface area contributed by atoms with Gasteiger partial charge in [-0.15, -0.1) is 11.3 Å². The lowest BCUT2D eigenvalue weighted by atomic mass is 9.89. The summed E-state index contributed by atoms with van der Waals surface area (Å²) in [5.74, 6) is -0.250. The van der Waals surface area contributed by atoms with Crippen LogP contribution >= 0.6 is 11.3 Å². The number of aliphatic hydroxyl groups excluding tert-OH is 1. The largest absolute Gasteiger partial charge is 0.389 e. The summed E-state index contributed by atoms with van der Waals surface area (Å²) >= 11 is 1.64. The maximum atomic E-state index is 13.3. The van der Waals surface area contributed by atoms with Crippen LogP contribution in [0.25, 0.3) is 0 Å². The molecule has 3 nitrogen and oxygen atoms in total. The van der Waals surface area contributed by atoms with Gasteiger partial charge in [0.2, 0.25) is 0 Å². The number of aryl methyl sites for hydroxylation is 1. The van der Waals surface area contributed by atoms with Crippen LogP contribution < -0.4 is 5.32 Å². The minimum absolute atomic E-state index is 0.0554. The zero-order chi connectivity index (χ0) is 20.1. The van der Waals surface area contributed by atoms with Crippen molar-refractivity contribution in [3.05, 3.63) is 93.4 Å². The maximum absolute atomic E-state index is 13.3. The number of halogens is 1. The summed E-state index contributed by atoms with van der Waals surface area (Å²) < 4.78 is 19.4. The Morgan fingerprint density at radius 3 is 2.72 bits per heavy atom. The van der Waals surface area contributed by atoms with Gasteiger partial charge in [0.1, 0.15) is 5.82 Å². The molecule has 2 aromatic carbocycles. The molecule has 152 valence electrons. The lowest BCUT2D eigenvalue weighted by molar-refractivity contribution is -0.0171. The van der Waals surface area contributed by atoms with Crippen molar-refractivity contribution >= 4 is 11.3 Å². The number of ether oxygens (including phenoxy) is 1. The van der Waals surface area contributed by atoms with Crippen molar-refractivity contribution in [1.82, 2.24) is 5.32 Å². The normalized spacial score (nSPS) is 18.2. The first-order chi connectivity index (χ1) is 14.2. The van der Waals surface area contributed by atoms with Crippen molar-refractivity contribution in [3.8, 4) is 0 Å². The Morgan fingerprint density at radius 1 is 1.10 bits per heavy atom. The monoisotopic (exact) mass is 411 g/mol. The third-order valence-corrected chi connectivity index (χ3v) is 6.33. The van der Waals surface area contributed by atoms with Gasteiger partial charge in [0.25, 0.3) is 0 Å². The van der Waals surface area contributed by atoms with Gasteiger partial charge in [0.15, 0.2) is 0 Å². The van der Waals surface area contributed by atoms with E-state index < -0.39 is 6.10 Å². The second kappa shape index (κ2) is 9.63. The number of thiophene rings is 1. The van der Waals surface area contributed by atoms with Crippen LogP contribution in [-0.2, 0) is 11.2 Å². The molecule has 1 aliphatic carbocycles. The SMILES string of the molecule is O[C@H](CN[C@H](c1ccc(F)cc1)c1cccs1)CO[C@@H]1CCCc2ccccc21. The predicted molar refractivity (Wildman–Crippen MR) is 115 cm³/mol. The number of hydrogen-bond donors (Lipinski definition) is 2. The first-order valence-electron chi connectivity index (χ1n) is 10.1. The quantitative estimate of drug-likeness (QED) is 0.547. The van der Waals surface area contributed by atoms with E-state index in [4.69, 9.17) is 4.74 Å². The fraction of sp³-hybridized carbons (Fsp3) is 0.333. The second-order valence-corrected chi connectivity index (χ2v) is 8.45. The molecule has 1 aromatic heterocycles. The van der Waals surface area contributed by atoms with Gasteiger partial charge >= 0.3 is 0 Å². The first-order valence-corrected chi connectivity index (χ1v) is 11.0. The zero-order valence-electron chi connectivity index (χ0n) is 16.3. The Kier molecular flexibility index (Phi) is 6.72. The molecule has 3 atom stereocenters. The van der Waals surface area contributed by atoms with E-state index in [0.29, 0.717) is 6.54 Å². The molecule has 4 rings (SSSR count). The molecule has 0 fully saturated rings. The van der Waals surface area contributed by atoms with Gasteiger partial charge in [-0.05, 0) is 59.5 Å². The van der Waals surface area contributed by atoms with Crippen molar-refractivity contribution in [2.24, 2.45) is 0 Å². The van der Waals surface area contributed by atoms with E-state index >= 15 is 0 Å². The van der Waals surface area contributed by atoms with Crippen LogP contribution in [0.5, 0.6) is 0 Å². The Hall–Kier alpha value is -2.05. The molecule has 1 heterocycles. The molecule has 0 saturated heterocycles. The topological polar surface area (TPSA) is 41.5 Å². The average Bonchev–Trinajstić information content (AvgIpc) is 3.28. The molecule has 1 aliphatic rings. The minimum atomic E-state index is -0.619. The third kappa shape index (κ3) is 5.11. The standard InChI is InChI=1S/C24H26FNO2S/c25-19-12-10-18(11-13-19)24(23-9-4-14-29-23)26-15-20(27)16-28-22-8-3-6-17-5-1-2-7-21(17)22/h1-2,4-5,7,9-14,20,22,24,26-27H,3,6,8,15-16H2/t20-,22-,24-/m1/s1. The van der Waals surface area contributed by atoms with Gasteiger partial charge in [0, 0.05) is 11.4 Å². The Bertz CT molecular complexity index is 898. The molecule has 2 N–H and O–H groups in total. The molecule has 3 aromatic rings. The molecule has 0 spiro atoms. The third-order valence-electron chi connectivity index (χ3n) is 5.39. The second-order valence-electron chi connectivity index (χ2n) is 7.48. The zero-order valence-corrected chi connectivity index (χ0v) is 17.1. The van der Waals surface area contributed by atoms with E-state index in [0.717, 1.165) is 29.7 Å². The van der Waals surface area contributed by atoms with E-state index in [1.807, 2.05) is 23.6 Å². The van der Waals surface area contributed by atoms with Gasteiger partial charge in [0.05, 0.1) is 24.9 Å². The van der Waals surface area contributed by atoms with E-state index in [2.05, 4.69) is 23.5 Å². The van der Waals surface area contributed by atoms with Crippen LogP contribution in [0.15, 0.2) is 66.0 Å². The molecule has 0 bridgehead atoms. The highest BCUT2D eigenvalue weighted by Crippen LogP contribution is 2.32. The number of hydrogen-bond acceptors (Lipinski definition) is 4. The molecule has 0 amide bonds. The van der Waals surface area contributed by atoms with E-state index in [1.165, 1.54) is 23.3 Å². The summed E-state index contributed by atoms with van der Waals surface area (Å²) in [6, 6.07) is 18.9. The molecule has 0 saturated carbocycles. The van der Waals surface area contributed by atoms with Crippen LogP contribution in [0, 0.1) is 5.82 Å². The molecule has 0 aliphatic heterocycles. The number of fused-ring (bicyclic) bond motifs is 1. The molecule has 5 heteroatoms. The summed E-state index contributed by atoms with van der Waals surface area (Å²) in [4.78, 5) is 1.13. The number of rotatable bonds is 8. The van der Waals surface area contributed by atoms with Crippen LogP contribution in [0.3, 0.4) is 0 Å². The van der Waals surface area contributed by atoms with Gasteiger partial charge in [-0.3, -0.25) is 0 Å². The summed E-state index contributed by atoms with van der Waals surface area (Å²) in [7, 11) is 0. The van der Waals surface area contributed by atoms with Crippen LogP contribution in [0.2, 0.25) is 0 Å². The van der Waals surface area contributed by atoms with Crippen LogP contribution in [0.1, 0.15) is 46.6 Å². The van der Waals surface area contributed by atoms with Crippen molar-refractivity contribution in [2.75, 3.05) is 13.2 Å². The summed E-state index contributed by atoms with van der Waals surface area (Å²) in [6.07, 6.45) is 2.64. The smallest absolute Gasteiger partial charge is 0.123 e. The highest BCUT2D eigenvalue weighted by atomic mass is 32.1. The maximum Gasteiger partial charge on any atom is 0.123 e. The minimum Gasteiger partial charge on any atom is -0.389 e. The van der Waals surface area contributed by atoms with E-state index in [1.54, 1.807) is 23.5 Å². The molecular weight excluding hydrogens is 385 g/mol. The number of benzene rings is 2. The summed E-state index contributed by atoms with van der Waals surface area (Å²) in [5.41, 5.74) is 3.58.